The van der Waals surface area contributed by atoms with Crippen molar-refractivity contribution in [2.75, 3.05) is 19.4 Å². The van der Waals surface area contributed by atoms with Gasteiger partial charge in [0.05, 0.1) is 6.17 Å². The average molecular weight is 177 g/mol. The summed E-state index contributed by atoms with van der Waals surface area (Å²) in [6.07, 6.45) is 1.21. The van der Waals surface area contributed by atoms with Crippen molar-refractivity contribution in [3.8, 4) is 0 Å². The summed E-state index contributed by atoms with van der Waals surface area (Å²) >= 11 is 0. The number of hydrogen-bond acceptors (Lipinski definition) is 3. The van der Waals surface area contributed by atoms with Gasteiger partial charge < -0.3 is 14.2 Å². The van der Waals surface area contributed by atoms with E-state index in [2.05, 4.69) is 5.32 Å². The van der Waals surface area contributed by atoms with Crippen LogP contribution >= 0.6 is 0 Å². The smallest absolute Gasteiger partial charge is 0.341 e. The van der Waals surface area contributed by atoms with Crippen LogP contribution in [0.1, 0.15) is 13.8 Å². The molecule has 0 aromatic heterocycles. The lowest BCUT2D eigenvalue weighted by atomic mass is 10.9. The fourth-order valence-electron chi connectivity index (χ4n) is 0.682. The lowest BCUT2D eigenvalue weighted by molar-refractivity contribution is -0.109. The first-order chi connectivity index (χ1) is 5.35. The van der Waals surface area contributed by atoms with Crippen LogP contribution in [0.2, 0.25) is 0 Å². The van der Waals surface area contributed by atoms with Crippen molar-refractivity contribution in [2.45, 2.75) is 13.8 Å². The summed E-state index contributed by atoms with van der Waals surface area (Å²) < 4.78 is 10.6. The lowest BCUT2D eigenvalue weighted by Crippen LogP contribution is -2.35. The maximum atomic E-state index is 9.92. The van der Waals surface area contributed by atoms with Gasteiger partial charge in [-0.25, -0.2) is 0 Å². The van der Waals surface area contributed by atoms with Crippen LogP contribution in [0.25, 0.3) is 0 Å². The molecule has 0 bridgehead atoms. The quantitative estimate of drug-likeness (QED) is 0.424. The molecule has 0 aromatic rings. The zero-order valence-corrected chi connectivity index (χ0v) is 8.16. The minimum absolute atomic E-state index is 0.547. The molecule has 4 nitrogen and oxygen atoms in total. The third-order valence-corrected chi connectivity index (χ3v) is 3.05. The van der Waals surface area contributed by atoms with E-state index in [0.29, 0.717) is 25.8 Å². The van der Waals surface area contributed by atoms with Crippen molar-refractivity contribution in [1.29, 1.82) is 0 Å². The fourth-order valence-corrected chi connectivity index (χ4v) is 2.05. The van der Waals surface area contributed by atoms with Gasteiger partial charge in [-0.2, -0.15) is 0 Å². The van der Waals surface area contributed by atoms with Gasteiger partial charge in [-0.05, 0) is 13.8 Å². The van der Waals surface area contributed by atoms with Crippen LogP contribution in [-0.2, 0) is 13.6 Å². The highest BCUT2D eigenvalue weighted by molar-refractivity contribution is 6.44. The van der Waals surface area contributed by atoms with E-state index in [1.807, 2.05) is 13.8 Å². The van der Waals surface area contributed by atoms with Crippen molar-refractivity contribution >= 4 is 15.7 Å². The first kappa shape index (κ1) is 10.6. The van der Waals surface area contributed by atoms with Gasteiger partial charge in [-0.3, -0.25) is 4.79 Å². The van der Waals surface area contributed by atoms with Crippen molar-refractivity contribution in [3.63, 3.8) is 0 Å². The highest BCUT2D eigenvalue weighted by atomic mass is 28.3. The highest BCUT2D eigenvalue weighted by Crippen LogP contribution is 1.86. The molecule has 0 aliphatic heterocycles. The lowest BCUT2D eigenvalue weighted by Gasteiger charge is -2.13. The summed E-state index contributed by atoms with van der Waals surface area (Å²) in [4.78, 5) is 9.92. The fraction of sp³-hybridized carbons (Fsp3) is 0.833. The molecule has 0 heterocycles. The molecule has 0 spiro atoms. The van der Waals surface area contributed by atoms with Crippen LogP contribution in [0.4, 0.5) is 0 Å². The summed E-state index contributed by atoms with van der Waals surface area (Å²) in [5.41, 5.74) is 0. The van der Waals surface area contributed by atoms with Gasteiger partial charge in [0.1, 0.15) is 0 Å². The SMILES string of the molecule is CCO[SiH](CNC=O)OCC. The zero-order chi connectivity index (χ0) is 8.53. The summed E-state index contributed by atoms with van der Waals surface area (Å²) in [5.74, 6) is 0. The minimum Gasteiger partial charge on any atom is -0.396 e. The summed E-state index contributed by atoms with van der Waals surface area (Å²) in [5, 5.41) is 2.55. The van der Waals surface area contributed by atoms with E-state index >= 15 is 0 Å². The molecular weight excluding hydrogens is 162 g/mol. The van der Waals surface area contributed by atoms with Crippen LogP contribution < -0.4 is 5.32 Å². The van der Waals surface area contributed by atoms with E-state index in [-0.39, 0.29) is 0 Å². The molecule has 1 amide bonds. The van der Waals surface area contributed by atoms with Crippen molar-refractivity contribution < 1.29 is 13.6 Å². The Balaban J connectivity index is 3.41. The predicted molar refractivity (Wildman–Crippen MR) is 44.5 cm³/mol. The van der Waals surface area contributed by atoms with E-state index < -0.39 is 9.28 Å². The van der Waals surface area contributed by atoms with E-state index in [1.165, 1.54) is 0 Å². The Morgan fingerprint density at radius 2 is 1.91 bits per heavy atom. The van der Waals surface area contributed by atoms with Crippen molar-refractivity contribution in [2.24, 2.45) is 0 Å². The molecular formula is C6H15NO3Si. The molecule has 0 aliphatic carbocycles. The zero-order valence-electron chi connectivity index (χ0n) is 7.00. The number of nitrogens with one attached hydrogen (secondary N) is 1. The van der Waals surface area contributed by atoms with Gasteiger partial charge >= 0.3 is 9.28 Å². The van der Waals surface area contributed by atoms with Gasteiger partial charge in [0.2, 0.25) is 6.41 Å². The molecule has 0 aliphatic rings. The highest BCUT2D eigenvalue weighted by Gasteiger charge is 2.09. The van der Waals surface area contributed by atoms with E-state index in [1.54, 1.807) is 0 Å². The maximum Gasteiger partial charge on any atom is 0.341 e. The van der Waals surface area contributed by atoms with Gasteiger partial charge in [0.25, 0.3) is 0 Å². The van der Waals surface area contributed by atoms with Crippen molar-refractivity contribution in [1.82, 2.24) is 5.32 Å². The van der Waals surface area contributed by atoms with E-state index in [0.717, 1.165) is 0 Å². The summed E-state index contributed by atoms with van der Waals surface area (Å²) in [7, 11) is -1.59. The van der Waals surface area contributed by atoms with Gasteiger partial charge in [0.15, 0.2) is 0 Å². The van der Waals surface area contributed by atoms with Gasteiger partial charge in [0, 0.05) is 13.2 Å². The van der Waals surface area contributed by atoms with Crippen molar-refractivity contribution in [3.05, 3.63) is 0 Å². The molecule has 0 atom stereocenters. The Hall–Kier alpha value is -0.393. The molecule has 0 aromatic carbocycles. The predicted octanol–water partition coefficient (Wildman–Crippen LogP) is -0.435. The first-order valence-corrected chi connectivity index (χ1v) is 5.51. The van der Waals surface area contributed by atoms with Crippen LogP contribution in [0.3, 0.4) is 0 Å². The van der Waals surface area contributed by atoms with Gasteiger partial charge in [-0.1, -0.05) is 0 Å². The second-order valence-corrected chi connectivity index (χ2v) is 3.80. The topological polar surface area (TPSA) is 47.6 Å². The third kappa shape index (κ3) is 6.02. The molecule has 11 heavy (non-hydrogen) atoms. The van der Waals surface area contributed by atoms with Crippen LogP contribution in [0.5, 0.6) is 0 Å². The molecule has 0 unspecified atom stereocenters. The normalized spacial score (nSPS) is 10.1. The number of amides is 1. The number of rotatable bonds is 7. The molecule has 0 radical (unpaired) electrons. The molecule has 0 rings (SSSR count). The largest absolute Gasteiger partial charge is 0.396 e. The number of hydrogen-bond donors (Lipinski definition) is 1. The molecule has 0 saturated carbocycles. The Bertz CT molecular complexity index is 95.8. The standard InChI is InChI=1S/C6H15NO3Si/c1-3-9-11(10-4-2)6-7-5-8/h5,11H,3-4,6H2,1-2H3,(H,7,8). The molecule has 0 fully saturated rings. The number of carbonyl (C=O) groups is 1. The van der Waals surface area contributed by atoms with E-state index in [4.69, 9.17) is 8.85 Å². The monoisotopic (exact) mass is 177 g/mol. The Kier molecular flexibility index (Phi) is 7.44. The van der Waals surface area contributed by atoms with Gasteiger partial charge in [-0.15, -0.1) is 0 Å². The van der Waals surface area contributed by atoms with Crippen LogP contribution in [0, 0.1) is 0 Å². The van der Waals surface area contributed by atoms with Crippen LogP contribution in [0.15, 0.2) is 0 Å². The van der Waals surface area contributed by atoms with E-state index in [9.17, 15) is 4.79 Å². The van der Waals surface area contributed by atoms with Crippen LogP contribution in [-0.4, -0.2) is 35.1 Å². The molecule has 66 valence electrons. The second-order valence-electron chi connectivity index (χ2n) is 1.87. The molecule has 5 heteroatoms. The number of carbonyl (C=O) groups excluding carboxylic acids is 1. The minimum atomic E-state index is -1.59. The average Bonchev–Trinajstić information content (AvgIpc) is 2.01. The Morgan fingerprint density at radius 3 is 2.27 bits per heavy atom. The summed E-state index contributed by atoms with van der Waals surface area (Å²) in [6, 6.07) is 0. The Labute approximate surface area is 68.7 Å². The maximum absolute atomic E-state index is 9.92. The Morgan fingerprint density at radius 1 is 1.36 bits per heavy atom. The summed E-state index contributed by atoms with van der Waals surface area (Å²) in [6.45, 7) is 5.13. The third-order valence-electron chi connectivity index (χ3n) is 1.07. The second kappa shape index (κ2) is 7.71. The first-order valence-electron chi connectivity index (χ1n) is 3.75. The molecule has 0 saturated heterocycles. The molecule has 1 N–H and O–H groups in total.